The maximum atomic E-state index is 11.8. The summed E-state index contributed by atoms with van der Waals surface area (Å²) in [4.78, 5) is 11.8. The number of halogens is 4. The highest BCUT2D eigenvalue weighted by atomic mass is 35.5. The predicted octanol–water partition coefficient (Wildman–Crippen LogP) is 5.22. The minimum absolute atomic E-state index is 0.257. The van der Waals surface area contributed by atoms with Crippen LogP contribution in [0.4, 0.5) is 0 Å². The Balaban J connectivity index is 1.96. The first-order valence-corrected chi connectivity index (χ1v) is 8.25. The number of carbonyl (C=O) groups is 1. The van der Waals surface area contributed by atoms with Gasteiger partial charge in [-0.1, -0.05) is 64.6 Å². The highest BCUT2D eigenvalue weighted by Crippen LogP contribution is 2.33. The Morgan fingerprint density at radius 1 is 1.04 bits per heavy atom. The average molecular weight is 406 g/mol. The number of hydrogen-bond acceptors (Lipinski definition) is 3. The molecule has 0 aliphatic carbocycles. The zero-order chi connectivity index (χ0) is 17.7. The smallest absolute Gasteiger partial charge is 0.277 e. The molecule has 2 rings (SSSR count). The van der Waals surface area contributed by atoms with E-state index in [-0.39, 0.29) is 22.4 Å². The summed E-state index contributed by atoms with van der Waals surface area (Å²) in [5.41, 5.74) is 3.69. The average Bonchev–Trinajstić information content (AvgIpc) is 2.55. The molecular weight excluding hydrogens is 394 g/mol. The number of ether oxygens (including phenoxy) is 1. The van der Waals surface area contributed by atoms with E-state index in [0.717, 1.165) is 5.56 Å². The van der Waals surface area contributed by atoms with Crippen LogP contribution in [0, 0.1) is 0 Å². The topological polar surface area (TPSA) is 50.7 Å². The fraction of sp³-hybridized carbons (Fsp3) is 0.125. The van der Waals surface area contributed by atoms with E-state index in [2.05, 4.69) is 10.5 Å². The molecule has 0 fully saturated rings. The minimum Gasteiger partial charge on any atom is -0.482 e. The van der Waals surface area contributed by atoms with Crippen molar-refractivity contribution in [2.75, 3.05) is 6.61 Å². The van der Waals surface area contributed by atoms with Crippen LogP contribution < -0.4 is 10.2 Å². The molecule has 2 aromatic carbocycles. The van der Waals surface area contributed by atoms with E-state index >= 15 is 0 Å². The molecule has 24 heavy (non-hydrogen) atoms. The molecule has 126 valence electrons. The molecule has 0 saturated heterocycles. The van der Waals surface area contributed by atoms with Crippen molar-refractivity contribution in [2.24, 2.45) is 5.10 Å². The van der Waals surface area contributed by atoms with Crippen LogP contribution >= 0.6 is 46.4 Å². The monoisotopic (exact) mass is 404 g/mol. The van der Waals surface area contributed by atoms with E-state index in [9.17, 15) is 4.79 Å². The van der Waals surface area contributed by atoms with Gasteiger partial charge in [-0.2, -0.15) is 5.10 Å². The molecule has 0 saturated carbocycles. The van der Waals surface area contributed by atoms with Gasteiger partial charge in [0.05, 0.1) is 20.8 Å². The molecule has 0 spiro atoms. The number of hydrazone groups is 1. The maximum absolute atomic E-state index is 11.8. The Kier molecular flexibility index (Phi) is 6.75. The van der Waals surface area contributed by atoms with E-state index in [1.165, 1.54) is 12.1 Å². The third-order valence-corrected chi connectivity index (χ3v) is 4.29. The molecule has 0 atom stereocenters. The fourth-order valence-corrected chi connectivity index (χ4v) is 2.62. The molecule has 0 unspecified atom stereocenters. The Morgan fingerprint density at radius 3 is 2.42 bits per heavy atom. The predicted molar refractivity (Wildman–Crippen MR) is 98.8 cm³/mol. The van der Waals surface area contributed by atoms with Gasteiger partial charge in [0.15, 0.2) is 6.61 Å². The van der Waals surface area contributed by atoms with Gasteiger partial charge in [-0.3, -0.25) is 4.79 Å². The molecule has 4 nitrogen and oxygen atoms in total. The van der Waals surface area contributed by atoms with Gasteiger partial charge in [0.25, 0.3) is 5.91 Å². The maximum Gasteiger partial charge on any atom is 0.277 e. The zero-order valence-electron chi connectivity index (χ0n) is 12.4. The second-order valence-electron chi connectivity index (χ2n) is 4.70. The Hall–Kier alpha value is -1.46. The summed E-state index contributed by atoms with van der Waals surface area (Å²) in [5, 5.41) is 5.39. The van der Waals surface area contributed by atoms with Crippen molar-refractivity contribution in [3.05, 3.63) is 62.1 Å². The van der Waals surface area contributed by atoms with Crippen molar-refractivity contribution >= 4 is 58.0 Å². The minimum atomic E-state index is -0.455. The van der Waals surface area contributed by atoms with Crippen LogP contribution in [0.2, 0.25) is 20.1 Å². The lowest BCUT2D eigenvalue weighted by atomic mass is 10.1. The van der Waals surface area contributed by atoms with Crippen molar-refractivity contribution in [1.82, 2.24) is 5.43 Å². The van der Waals surface area contributed by atoms with Crippen molar-refractivity contribution in [3.8, 4) is 5.75 Å². The standard InChI is InChI=1S/C16H12Cl4N2O2/c1-9(10-4-2-3-5-11(10)17)21-22-16(23)8-24-15-7-13(19)12(18)6-14(15)20/h2-7H,8H2,1H3,(H,22,23)/b21-9+. The van der Waals surface area contributed by atoms with Crippen LogP contribution in [-0.2, 0) is 4.79 Å². The molecule has 0 aromatic heterocycles. The second-order valence-corrected chi connectivity index (χ2v) is 6.33. The molecular formula is C16H12Cl4N2O2. The second kappa shape index (κ2) is 8.58. The fourth-order valence-electron chi connectivity index (χ4n) is 1.75. The van der Waals surface area contributed by atoms with Crippen LogP contribution in [0.15, 0.2) is 41.5 Å². The number of nitrogens with one attached hydrogen (secondary N) is 1. The molecule has 1 amide bonds. The number of benzene rings is 2. The van der Waals surface area contributed by atoms with Gasteiger partial charge in [-0.05, 0) is 19.1 Å². The Labute approximate surface area is 159 Å². The first-order chi connectivity index (χ1) is 11.4. The van der Waals surface area contributed by atoms with Crippen molar-refractivity contribution < 1.29 is 9.53 Å². The largest absolute Gasteiger partial charge is 0.482 e. The Morgan fingerprint density at radius 2 is 1.71 bits per heavy atom. The summed E-state index contributed by atoms with van der Waals surface area (Å²) in [7, 11) is 0. The van der Waals surface area contributed by atoms with Gasteiger partial charge in [-0.15, -0.1) is 0 Å². The summed E-state index contributed by atoms with van der Waals surface area (Å²) in [5.74, 6) is -0.198. The summed E-state index contributed by atoms with van der Waals surface area (Å²) in [6.07, 6.45) is 0. The molecule has 0 heterocycles. The number of nitrogens with zero attached hydrogens (tertiary/aromatic N) is 1. The number of hydrogen-bond donors (Lipinski definition) is 1. The number of amides is 1. The van der Waals surface area contributed by atoms with E-state index in [1.807, 2.05) is 12.1 Å². The van der Waals surface area contributed by atoms with E-state index in [1.54, 1.807) is 19.1 Å². The third-order valence-electron chi connectivity index (χ3n) is 2.95. The lowest BCUT2D eigenvalue weighted by Gasteiger charge is -2.09. The normalized spacial score (nSPS) is 11.3. The van der Waals surface area contributed by atoms with Crippen LogP contribution in [0.1, 0.15) is 12.5 Å². The SMILES string of the molecule is C/C(=N\NC(=O)COc1cc(Cl)c(Cl)cc1Cl)c1ccccc1Cl. The summed E-state index contributed by atoms with van der Waals surface area (Å²) < 4.78 is 5.31. The number of carbonyl (C=O) groups excluding carboxylic acids is 1. The van der Waals surface area contributed by atoms with E-state index < -0.39 is 5.91 Å². The highest BCUT2D eigenvalue weighted by molar-refractivity contribution is 6.43. The van der Waals surface area contributed by atoms with Gasteiger partial charge in [-0.25, -0.2) is 5.43 Å². The molecule has 2 aromatic rings. The van der Waals surface area contributed by atoms with Gasteiger partial charge in [0.2, 0.25) is 0 Å². The zero-order valence-corrected chi connectivity index (χ0v) is 15.5. The number of rotatable bonds is 5. The molecule has 0 aliphatic rings. The van der Waals surface area contributed by atoms with Crippen LogP contribution in [-0.4, -0.2) is 18.2 Å². The molecule has 1 N–H and O–H groups in total. The van der Waals surface area contributed by atoms with Crippen LogP contribution in [0.25, 0.3) is 0 Å². The molecule has 0 radical (unpaired) electrons. The van der Waals surface area contributed by atoms with Gasteiger partial charge in [0.1, 0.15) is 5.75 Å². The quantitative estimate of drug-likeness (QED) is 0.421. The van der Waals surface area contributed by atoms with Crippen LogP contribution in [0.3, 0.4) is 0 Å². The van der Waals surface area contributed by atoms with Crippen molar-refractivity contribution in [1.29, 1.82) is 0 Å². The highest BCUT2D eigenvalue weighted by Gasteiger charge is 2.10. The van der Waals surface area contributed by atoms with Crippen molar-refractivity contribution in [2.45, 2.75) is 6.92 Å². The first-order valence-electron chi connectivity index (χ1n) is 6.74. The van der Waals surface area contributed by atoms with Gasteiger partial charge >= 0.3 is 0 Å². The molecule has 0 aliphatic heterocycles. The lowest BCUT2D eigenvalue weighted by molar-refractivity contribution is -0.123. The van der Waals surface area contributed by atoms with Crippen LogP contribution in [0.5, 0.6) is 5.75 Å². The Bertz CT molecular complexity index is 794. The first kappa shape index (κ1) is 18.9. The molecule has 8 heteroatoms. The summed E-state index contributed by atoms with van der Waals surface area (Å²) in [6.45, 7) is 1.45. The van der Waals surface area contributed by atoms with E-state index in [4.69, 9.17) is 51.1 Å². The third kappa shape index (κ3) is 5.02. The van der Waals surface area contributed by atoms with E-state index in [0.29, 0.717) is 15.8 Å². The summed E-state index contributed by atoms with van der Waals surface area (Å²) >= 11 is 23.7. The van der Waals surface area contributed by atoms with Gasteiger partial charge in [0, 0.05) is 16.7 Å². The lowest BCUT2D eigenvalue weighted by Crippen LogP contribution is -2.25. The van der Waals surface area contributed by atoms with Crippen molar-refractivity contribution in [3.63, 3.8) is 0 Å². The summed E-state index contributed by atoms with van der Waals surface area (Å²) in [6, 6.07) is 10.1. The van der Waals surface area contributed by atoms with Gasteiger partial charge < -0.3 is 4.74 Å². The molecule has 0 bridgehead atoms.